The van der Waals surface area contributed by atoms with Crippen molar-refractivity contribution < 1.29 is 14.6 Å². The second kappa shape index (κ2) is 9.20. The minimum atomic E-state index is -0.315. The largest absolute Gasteiger partial charge is 0.391 e. The zero-order chi connectivity index (χ0) is 19.3. The number of rotatable bonds is 4. The number of hydrogen-bond acceptors (Lipinski definition) is 6. The highest BCUT2D eigenvalue weighted by Gasteiger charge is 2.28. The van der Waals surface area contributed by atoms with Crippen molar-refractivity contribution in [1.29, 1.82) is 0 Å². The van der Waals surface area contributed by atoms with Gasteiger partial charge in [-0.3, -0.25) is 9.69 Å². The average Bonchev–Trinajstić information content (AvgIpc) is 2.76. The van der Waals surface area contributed by atoms with Crippen molar-refractivity contribution in [3.63, 3.8) is 0 Å². The number of nitrogens with zero attached hydrogens (tertiary/aromatic N) is 3. The fourth-order valence-electron chi connectivity index (χ4n) is 4.63. The number of aliphatic hydroxyl groups is 1. The van der Waals surface area contributed by atoms with Crippen molar-refractivity contribution in [1.82, 2.24) is 14.8 Å². The van der Waals surface area contributed by atoms with E-state index in [2.05, 4.69) is 15.2 Å². The number of carbonyl (C=O) groups excluding carboxylic acids is 1. The van der Waals surface area contributed by atoms with Gasteiger partial charge in [-0.2, -0.15) is 0 Å². The van der Waals surface area contributed by atoms with Gasteiger partial charge in [0.05, 0.1) is 30.9 Å². The third-order valence-corrected chi connectivity index (χ3v) is 6.39. The van der Waals surface area contributed by atoms with Crippen LogP contribution in [0.5, 0.6) is 0 Å². The Morgan fingerprint density at radius 3 is 2.50 bits per heavy atom. The molecule has 3 fully saturated rings. The monoisotopic (exact) mass is 388 g/mol. The molecular formula is C21H32N4O3. The van der Waals surface area contributed by atoms with Crippen LogP contribution >= 0.6 is 0 Å². The summed E-state index contributed by atoms with van der Waals surface area (Å²) in [6.45, 7) is 5.26. The first-order chi connectivity index (χ1) is 13.7. The summed E-state index contributed by atoms with van der Waals surface area (Å²) < 4.78 is 5.44. The molecule has 2 N–H and O–H groups in total. The lowest BCUT2D eigenvalue weighted by molar-refractivity contribution is 0.00158. The summed E-state index contributed by atoms with van der Waals surface area (Å²) in [7, 11) is 0. The molecule has 154 valence electrons. The van der Waals surface area contributed by atoms with Crippen molar-refractivity contribution in [3.8, 4) is 0 Å². The van der Waals surface area contributed by atoms with Crippen LogP contribution in [0.25, 0.3) is 0 Å². The first kappa shape index (κ1) is 19.6. The second-order valence-corrected chi connectivity index (χ2v) is 8.21. The van der Waals surface area contributed by atoms with E-state index < -0.39 is 0 Å². The SMILES string of the molecule is O=C(c1ccc(N[C@@H]2CCCC[C@H]2O)nc1)N1CCC(N2CCOCC2)CC1. The number of likely N-dealkylation sites (tertiary alicyclic amines) is 1. The number of amides is 1. The van der Waals surface area contributed by atoms with E-state index in [0.29, 0.717) is 11.6 Å². The quantitative estimate of drug-likeness (QED) is 0.818. The van der Waals surface area contributed by atoms with Gasteiger partial charge >= 0.3 is 0 Å². The normalized spacial score (nSPS) is 27.5. The number of nitrogens with one attached hydrogen (secondary N) is 1. The Morgan fingerprint density at radius 2 is 1.82 bits per heavy atom. The third-order valence-electron chi connectivity index (χ3n) is 6.39. The van der Waals surface area contributed by atoms with Gasteiger partial charge in [0.25, 0.3) is 5.91 Å². The van der Waals surface area contributed by atoms with Gasteiger partial charge in [0, 0.05) is 38.4 Å². The smallest absolute Gasteiger partial charge is 0.255 e. The van der Waals surface area contributed by atoms with Gasteiger partial charge in [-0.15, -0.1) is 0 Å². The molecule has 28 heavy (non-hydrogen) atoms. The molecule has 2 aliphatic heterocycles. The molecule has 0 aromatic carbocycles. The topological polar surface area (TPSA) is 77.9 Å². The van der Waals surface area contributed by atoms with Gasteiger partial charge in [0.15, 0.2) is 0 Å². The predicted molar refractivity (Wildman–Crippen MR) is 107 cm³/mol. The van der Waals surface area contributed by atoms with E-state index in [1.165, 1.54) is 0 Å². The maximum atomic E-state index is 12.8. The Hall–Kier alpha value is -1.70. The van der Waals surface area contributed by atoms with E-state index in [9.17, 15) is 9.90 Å². The standard InChI is InChI=1S/C21H32N4O3/c26-19-4-2-1-3-18(19)23-20-6-5-16(15-22-20)21(27)25-9-7-17(8-10-25)24-11-13-28-14-12-24/h5-6,15,17-19,26H,1-4,7-14H2,(H,22,23)/t18-,19-/m1/s1. The van der Waals surface area contributed by atoms with E-state index in [1.807, 2.05) is 17.0 Å². The molecular weight excluding hydrogens is 356 g/mol. The Labute approximate surface area is 167 Å². The van der Waals surface area contributed by atoms with Gasteiger partial charge in [-0.05, 0) is 37.8 Å². The molecule has 0 spiro atoms. The Morgan fingerprint density at radius 1 is 1.07 bits per heavy atom. The van der Waals surface area contributed by atoms with E-state index in [4.69, 9.17) is 4.74 Å². The number of anilines is 1. The summed E-state index contributed by atoms with van der Waals surface area (Å²) in [5.41, 5.74) is 0.638. The zero-order valence-corrected chi connectivity index (χ0v) is 16.6. The number of ether oxygens (including phenoxy) is 1. The van der Waals surface area contributed by atoms with E-state index >= 15 is 0 Å². The summed E-state index contributed by atoms with van der Waals surface area (Å²) in [6.07, 6.45) is 7.42. The lowest BCUT2D eigenvalue weighted by Gasteiger charge is -2.40. The van der Waals surface area contributed by atoms with Crippen LogP contribution in [0.4, 0.5) is 5.82 Å². The number of hydrogen-bond donors (Lipinski definition) is 2. The van der Waals surface area contributed by atoms with Crippen molar-refractivity contribution in [2.75, 3.05) is 44.7 Å². The lowest BCUT2D eigenvalue weighted by atomic mass is 9.92. The predicted octanol–water partition coefficient (Wildman–Crippen LogP) is 1.73. The molecule has 1 amide bonds. The minimum absolute atomic E-state index is 0.0574. The van der Waals surface area contributed by atoms with Crippen LogP contribution in [0.1, 0.15) is 48.9 Å². The molecule has 2 atom stereocenters. The highest BCUT2D eigenvalue weighted by atomic mass is 16.5. The molecule has 3 aliphatic rings. The van der Waals surface area contributed by atoms with Crippen LogP contribution in [0.2, 0.25) is 0 Å². The van der Waals surface area contributed by atoms with Crippen LogP contribution in [0.3, 0.4) is 0 Å². The van der Waals surface area contributed by atoms with Crippen LogP contribution in [0.15, 0.2) is 18.3 Å². The molecule has 0 radical (unpaired) electrons. The van der Waals surface area contributed by atoms with Gasteiger partial charge in [-0.1, -0.05) is 12.8 Å². The summed E-state index contributed by atoms with van der Waals surface area (Å²) >= 11 is 0. The second-order valence-electron chi connectivity index (χ2n) is 8.21. The fraction of sp³-hybridized carbons (Fsp3) is 0.714. The van der Waals surface area contributed by atoms with Crippen molar-refractivity contribution >= 4 is 11.7 Å². The molecule has 1 aromatic heterocycles. The number of aliphatic hydroxyl groups excluding tert-OH is 1. The number of piperidine rings is 1. The maximum Gasteiger partial charge on any atom is 0.255 e. The van der Waals surface area contributed by atoms with E-state index in [0.717, 1.165) is 83.7 Å². The molecule has 4 rings (SSSR count). The average molecular weight is 389 g/mol. The molecule has 7 nitrogen and oxygen atoms in total. The molecule has 2 saturated heterocycles. The van der Waals surface area contributed by atoms with E-state index in [-0.39, 0.29) is 18.1 Å². The Kier molecular flexibility index (Phi) is 6.44. The number of pyridine rings is 1. The summed E-state index contributed by atoms with van der Waals surface area (Å²) in [5.74, 6) is 0.797. The highest BCUT2D eigenvalue weighted by molar-refractivity contribution is 5.94. The Balaban J connectivity index is 1.29. The number of aromatic nitrogens is 1. The highest BCUT2D eigenvalue weighted by Crippen LogP contribution is 2.22. The van der Waals surface area contributed by atoms with Crippen LogP contribution < -0.4 is 5.32 Å². The van der Waals surface area contributed by atoms with Crippen LogP contribution in [-0.4, -0.2) is 83.4 Å². The maximum absolute atomic E-state index is 12.8. The number of morpholine rings is 1. The molecule has 0 unspecified atom stereocenters. The van der Waals surface area contributed by atoms with Crippen LogP contribution in [0, 0.1) is 0 Å². The van der Waals surface area contributed by atoms with Crippen molar-refractivity contribution in [2.24, 2.45) is 0 Å². The summed E-state index contributed by atoms with van der Waals surface area (Å²) in [6, 6.07) is 4.33. The van der Waals surface area contributed by atoms with E-state index in [1.54, 1.807) is 6.20 Å². The van der Waals surface area contributed by atoms with Gasteiger partial charge < -0.3 is 20.1 Å². The lowest BCUT2D eigenvalue weighted by Crippen LogP contribution is -2.50. The molecule has 0 bridgehead atoms. The fourth-order valence-corrected chi connectivity index (χ4v) is 4.63. The zero-order valence-electron chi connectivity index (χ0n) is 16.6. The summed E-state index contributed by atoms with van der Waals surface area (Å²) in [4.78, 5) is 21.7. The molecule has 7 heteroatoms. The van der Waals surface area contributed by atoms with Crippen molar-refractivity contribution in [3.05, 3.63) is 23.9 Å². The first-order valence-corrected chi connectivity index (χ1v) is 10.7. The first-order valence-electron chi connectivity index (χ1n) is 10.7. The van der Waals surface area contributed by atoms with Gasteiger partial charge in [0.2, 0.25) is 0 Å². The molecule has 1 aromatic rings. The number of carbonyl (C=O) groups is 1. The summed E-state index contributed by atoms with van der Waals surface area (Å²) in [5, 5.41) is 13.4. The van der Waals surface area contributed by atoms with Gasteiger partial charge in [-0.25, -0.2) is 4.98 Å². The third kappa shape index (κ3) is 4.64. The van der Waals surface area contributed by atoms with Crippen molar-refractivity contribution in [2.45, 2.75) is 56.7 Å². The van der Waals surface area contributed by atoms with Crippen LogP contribution in [-0.2, 0) is 4.74 Å². The minimum Gasteiger partial charge on any atom is -0.391 e. The molecule has 1 saturated carbocycles. The van der Waals surface area contributed by atoms with Gasteiger partial charge in [0.1, 0.15) is 5.82 Å². The Bertz CT molecular complexity index is 640. The molecule has 1 aliphatic carbocycles. The molecule has 3 heterocycles.